The van der Waals surface area contributed by atoms with Gasteiger partial charge in [0.1, 0.15) is 18.0 Å². The van der Waals surface area contributed by atoms with E-state index in [1.165, 1.54) is 99.6 Å². The van der Waals surface area contributed by atoms with Crippen molar-refractivity contribution < 1.29 is 29.3 Å². The van der Waals surface area contributed by atoms with Crippen molar-refractivity contribution in [1.82, 2.24) is 4.90 Å². The van der Waals surface area contributed by atoms with Crippen LogP contribution < -0.4 is 0 Å². The first-order chi connectivity index (χ1) is 31.8. The van der Waals surface area contributed by atoms with Gasteiger partial charge in [0.15, 0.2) is 0 Å². The Kier molecular flexibility index (Phi) is 24.3. The summed E-state index contributed by atoms with van der Waals surface area (Å²) < 4.78 is 11.6. The summed E-state index contributed by atoms with van der Waals surface area (Å²) in [6.07, 6.45) is 23.7. The van der Waals surface area contributed by atoms with Gasteiger partial charge >= 0.3 is 11.9 Å². The van der Waals surface area contributed by atoms with Gasteiger partial charge in [-0.25, -0.2) is 0 Å². The monoisotopic (exact) mass is 906 g/mol. The molecule has 0 bridgehead atoms. The molecule has 1 fully saturated rings. The molecule has 7 nitrogen and oxygen atoms in total. The van der Waals surface area contributed by atoms with Gasteiger partial charge in [-0.05, 0) is 150 Å². The molecule has 1 heterocycles. The molecule has 0 aromatic heterocycles. The van der Waals surface area contributed by atoms with Crippen molar-refractivity contribution >= 4 is 11.9 Å². The van der Waals surface area contributed by atoms with Gasteiger partial charge in [0.2, 0.25) is 0 Å². The van der Waals surface area contributed by atoms with Crippen molar-refractivity contribution in [3.63, 3.8) is 0 Å². The number of carbonyl (C=O) groups is 2. The van der Waals surface area contributed by atoms with Crippen molar-refractivity contribution in [2.24, 2.45) is 29.1 Å². The molecular weight excluding hydrogens is 819 g/mol. The molecule has 1 saturated heterocycles. The first-order valence-electron chi connectivity index (χ1n) is 25.9. The quantitative estimate of drug-likeness (QED) is 0.0766. The molecule has 364 valence electrons. The molecule has 66 heavy (non-hydrogen) atoms. The fourth-order valence-corrected chi connectivity index (χ4v) is 9.58. The molecule has 3 aromatic rings. The van der Waals surface area contributed by atoms with Gasteiger partial charge in [0.25, 0.3) is 0 Å². The highest BCUT2D eigenvalue weighted by molar-refractivity contribution is 5.76. The molecule has 0 spiro atoms. The van der Waals surface area contributed by atoms with Crippen molar-refractivity contribution in [2.45, 2.75) is 176 Å². The van der Waals surface area contributed by atoms with Crippen LogP contribution in [0.5, 0.6) is 5.75 Å². The number of esters is 2. The number of nitrogens with zero attached hydrogens (tertiary/aromatic N) is 1. The predicted octanol–water partition coefficient (Wildman–Crippen LogP) is 13.5. The number of ether oxygens (including phenoxy) is 2. The van der Waals surface area contributed by atoms with Crippen LogP contribution in [-0.4, -0.2) is 65.0 Å². The zero-order valence-corrected chi connectivity index (χ0v) is 42.0. The Bertz CT molecular complexity index is 1810. The van der Waals surface area contributed by atoms with E-state index >= 15 is 0 Å². The molecule has 2 N–H and O–H groups in total. The van der Waals surface area contributed by atoms with Gasteiger partial charge in [-0.15, -0.1) is 0 Å². The molecule has 6 rings (SSSR count). The van der Waals surface area contributed by atoms with E-state index < -0.39 is 11.5 Å². The zero-order chi connectivity index (χ0) is 47.7. The molecule has 7 atom stereocenters. The molecule has 3 aliphatic rings. The summed E-state index contributed by atoms with van der Waals surface area (Å²) in [5.74, 6) is 1.14. The molecular formula is C59H87NO6. The number of allylic oxidation sites excluding steroid dienone is 3. The number of cyclic esters (lactones) is 1. The minimum atomic E-state index is -0.601. The Morgan fingerprint density at radius 2 is 1.33 bits per heavy atom. The third kappa shape index (κ3) is 19.6. The van der Waals surface area contributed by atoms with Crippen LogP contribution in [0.3, 0.4) is 0 Å². The largest absolute Gasteiger partial charge is 0.508 e. The minimum Gasteiger partial charge on any atom is -0.508 e. The number of hydrogen-bond donors (Lipinski definition) is 2. The number of carbonyl (C=O) groups excluding carboxylic acids is 2. The van der Waals surface area contributed by atoms with Crippen molar-refractivity contribution in [3.05, 3.63) is 125 Å². The summed E-state index contributed by atoms with van der Waals surface area (Å²) in [7, 11) is 0. The lowest BCUT2D eigenvalue weighted by Gasteiger charge is -2.44. The van der Waals surface area contributed by atoms with Crippen LogP contribution >= 0.6 is 0 Å². The van der Waals surface area contributed by atoms with E-state index in [0.717, 1.165) is 38.6 Å². The van der Waals surface area contributed by atoms with E-state index in [0.29, 0.717) is 29.9 Å². The Morgan fingerprint density at radius 1 is 0.758 bits per heavy atom. The van der Waals surface area contributed by atoms with Gasteiger partial charge in [0.05, 0.1) is 17.9 Å². The number of unbranched alkanes of at least 4 members (excludes halogenated alkanes) is 5. The van der Waals surface area contributed by atoms with E-state index in [-0.39, 0.29) is 36.5 Å². The number of benzene rings is 3. The maximum atomic E-state index is 12.9. The molecule has 0 saturated carbocycles. The van der Waals surface area contributed by atoms with Gasteiger partial charge < -0.3 is 24.6 Å². The smallest absolute Gasteiger partial charge is 0.311 e. The molecule has 0 amide bonds. The summed E-state index contributed by atoms with van der Waals surface area (Å²) in [6.45, 7) is 18.4. The summed E-state index contributed by atoms with van der Waals surface area (Å²) in [5, 5.41) is 19.0. The molecule has 3 aromatic carbocycles. The van der Waals surface area contributed by atoms with Crippen molar-refractivity contribution in [2.75, 3.05) is 19.6 Å². The van der Waals surface area contributed by atoms with E-state index in [1.807, 2.05) is 32.9 Å². The van der Waals surface area contributed by atoms with Gasteiger partial charge in [0, 0.05) is 12.3 Å². The van der Waals surface area contributed by atoms with E-state index in [2.05, 4.69) is 111 Å². The number of hydrogen-bond acceptors (Lipinski definition) is 7. The summed E-state index contributed by atoms with van der Waals surface area (Å²) in [6, 6.07) is 29.2. The Labute approximate surface area is 400 Å². The second-order valence-electron chi connectivity index (χ2n) is 20.0. The molecule has 0 radical (unpaired) electrons. The summed E-state index contributed by atoms with van der Waals surface area (Å²) >= 11 is 0. The second kappa shape index (κ2) is 29.5. The average Bonchev–Trinajstić information content (AvgIpc) is 3.30. The fourth-order valence-electron chi connectivity index (χ4n) is 9.58. The SMILES string of the molecule is CCC(C)(C)C(=O)O[C@H]1C[C@@H](C)C=C2C=C[C@H](C)[C@H](CC[C@@H]3C[C@@H](O)CC(=O)O3)[C@H]21.CCCCCCCCc1ccc(O)cc1.CCN(CCCc1ccccc1)CCCc1ccccc1. The normalized spacial score (nSPS) is 22.5. The number of fused-ring (bicyclic) bond motifs is 1. The number of aliphatic hydroxyl groups excluding tert-OH is 1. The third-order valence-corrected chi connectivity index (χ3v) is 14.1. The number of aliphatic hydroxyl groups is 1. The standard InChI is InChI=1S/C25H38O5.C20H27N.C14H22O/c1-6-25(4,5)24(28)30-21-12-15(2)11-17-8-7-16(3)20(23(17)21)10-9-19-13-18(26)14-22(27)29-19;1-2-21(17-9-15-19-11-5-3-6-12-19)18-10-16-20-13-7-4-8-14-20;1-2-3-4-5-6-7-8-13-9-11-14(15)12-10-13/h7-8,11,15-16,18-21,23,26H,6,9-10,12-14H2,1-5H3;3-8,11-14H,2,9-10,15-18H2,1H3;9-12,15H,2-8H2,1H3/t15-,16-,18+,19+,20-,21-,23-;;/m0../s1. The van der Waals surface area contributed by atoms with Crippen molar-refractivity contribution in [1.29, 1.82) is 0 Å². The number of aryl methyl sites for hydroxylation is 3. The van der Waals surface area contributed by atoms with E-state index in [9.17, 15) is 14.7 Å². The van der Waals surface area contributed by atoms with Crippen LogP contribution in [0.15, 0.2) is 109 Å². The minimum absolute atomic E-state index is 0.0949. The lowest BCUT2D eigenvalue weighted by molar-refractivity contribution is -0.166. The zero-order valence-electron chi connectivity index (χ0n) is 42.0. The lowest BCUT2D eigenvalue weighted by Crippen LogP contribution is -2.43. The molecule has 7 heteroatoms. The van der Waals surface area contributed by atoms with Gasteiger partial charge in [-0.2, -0.15) is 0 Å². The highest BCUT2D eigenvalue weighted by Crippen LogP contribution is 2.45. The van der Waals surface area contributed by atoms with Crippen LogP contribution in [0.1, 0.15) is 155 Å². The first-order valence-corrected chi connectivity index (χ1v) is 25.9. The fraction of sp³-hybridized carbons (Fsp3) is 0.593. The summed E-state index contributed by atoms with van der Waals surface area (Å²) in [4.78, 5) is 27.1. The van der Waals surface area contributed by atoms with Crippen LogP contribution in [0, 0.1) is 29.1 Å². The number of phenols is 1. The molecule has 0 unspecified atom stereocenters. The highest BCUT2D eigenvalue weighted by Gasteiger charge is 2.43. The van der Waals surface area contributed by atoms with Crippen LogP contribution in [0.2, 0.25) is 0 Å². The molecule has 2 aliphatic carbocycles. The maximum Gasteiger partial charge on any atom is 0.311 e. The van der Waals surface area contributed by atoms with Crippen LogP contribution in [-0.2, 0) is 38.3 Å². The topological polar surface area (TPSA) is 96.3 Å². The second-order valence-corrected chi connectivity index (χ2v) is 20.0. The highest BCUT2D eigenvalue weighted by atomic mass is 16.6. The third-order valence-electron chi connectivity index (χ3n) is 14.1. The van der Waals surface area contributed by atoms with Crippen LogP contribution in [0.25, 0.3) is 0 Å². The summed E-state index contributed by atoms with van der Waals surface area (Å²) in [5.41, 5.74) is 5.03. The molecule has 1 aliphatic heterocycles. The average molecular weight is 906 g/mol. The number of rotatable bonds is 22. The van der Waals surface area contributed by atoms with Crippen LogP contribution in [0.4, 0.5) is 0 Å². The lowest BCUT2D eigenvalue weighted by atomic mass is 9.65. The predicted molar refractivity (Wildman–Crippen MR) is 272 cm³/mol. The van der Waals surface area contributed by atoms with Gasteiger partial charge in [-0.1, -0.05) is 158 Å². The Balaban J connectivity index is 0.000000231. The number of phenolic OH excluding ortho intramolecular Hbond substituents is 1. The van der Waals surface area contributed by atoms with Gasteiger partial charge in [-0.3, -0.25) is 9.59 Å². The first kappa shape index (κ1) is 54.4. The number of aromatic hydroxyl groups is 1. The maximum absolute atomic E-state index is 12.9. The Hall–Kier alpha value is -4.20. The Morgan fingerprint density at radius 3 is 1.91 bits per heavy atom. The van der Waals surface area contributed by atoms with Crippen molar-refractivity contribution in [3.8, 4) is 5.75 Å². The van der Waals surface area contributed by atoms with E-state index in [4.69, 9.17) is 14.6 Å². The van der Waals surface area contributed by atoms with E-state index in [1.54, 1.807) is 12.1 Å².